The molecule has 1 aromatic rings. The number of benzene rings is 1. The van der Waals surface area contributed by atoms with Crippen molar-refractivity contribution in [3.63, 3.8) is 0 Å². The molecule has 2 heteroatoms. The Bertz CT molecular complexity index is 389. The summed E-state index contributed by atoms with van der Waals surface area (Å²) in [5, 5.41) is 9.85. The van der Waals surface area contributed by atoms with Crippen LogP contribution in [0.5, 0.6) is 5.75 Å². The van der Waals surface area contributed by atoms with Crippen molar-refractivity contribution in [2.45, 2.75) is 52.9 Å². The first-order valence-corrected chi connectivity index (χ1v) is 9.72. The third-order valence-electron chi connectivity index (χ3n) is 3.31. The summed E-state index contributed by atoms with van der Waals surface area (Å²) < 4.78 is 0. The third kappa shape index (κ3) is 3.11. The van der Waals surface area contributed by atoms with Gasteiger partial charge in [-0.3, -0.25) is 0 Å². The zero-order chi connectivity index (χ0) is 12.5. The van der Waals surface area contributed by atoms with Crippen molar-refractivity contribution in [3.05, 3.63) is 28.3 Å². The lowest BCUT2D eigenvalue weighted by Crippen LogP contribution is -2.20. The average Bonchev–Trinajstić information content (AvgIpc) is 2.17. The summed E-state index contributed by atoms with van der Waals surface area (Å²) in [5.74, 6) is 0.467. The van der Waals surface area contributed by atoms with Crippen LogP contribution in [-0.2, 0) is 6.42 Å². The Morgan fingerprint density at radius 1 is 1.06 bits per heavy atom. The molecule has 0 unspecified atom stereocenters. The molecule has 0 spiro atoms. The second kappa shape index (κ2) is 4.62. The fourth-order valence-corrected chi connectivity index (χ4v) is 2.94. The molecule has 0 fully saturated rings. The van der Waals surface area contributed by atoms with Crippen LogP contribution in [0.1, 0.15) is 22.3 Å². The van der Waals surface area contributed by atoms with Gasteiger partial charge in [0.05, 0.1) is 0 Å². The monoisotopic (exact) mass is 236 g/mol. The van der Waals surface area contributed by atoms with Crippen LogP contribution in [0.3, 0.4) is 0 Å². The Morgan fingerprint density at radius 2 is 1.62 bits per heavy atom. The highest BCUT2D eigenvalue weighted by Crippen LogP contribution is 2.28. The second-order valence-electron chi connectivity index (χ2n) is 6.01. The van der Waals surface area contributed by atoms with Crippen LogP contribution in [0.15, 0.2) is 6.07 Å². The van der Waals surface area contributed by atoms with Gasteiger partial charge in [0.2, 0.25) is 0 Å². The van der Waals surface area contributed by atoms with Crippen molar-refractivity contribution < 1.29 is 5.11 Å². The molecule has 1 aromatic carbocycles. The Hall–Kier alpha value is -0.763. The predicted octanol–water partition coefficient (Wildman–Crippen LogP) is 4.20. The van der Waals surface area contributed by atoms with Gasteiger partial charge in [0.1, 0.15) is 5.75 Å². The molecule has 0 saturated heterocycles. The first-order valence-electron chi connectivity index (χ1n) is 6.01. The number of aromatic hydroxyl groups is 1. The molecule has 0 amide bonds. The molecule has 0 aliphatic heterocycles. The minimum atomic E-state index is -0.974. The average molecular weight is 236 g/mol. The molecule has 0 aromatic heterocycles. The van der Waals surface area contributed by atoms with Crippen molar-refractivity contribution >= 4 is 8.07 Å². The van der Waals surface area contributed by atoms with E-state index < -0.39 is 8.07 Å². The van der Waals surface area contributed by atoms with Gasteiger partial charge in [-0.1, -0.05) is 31.8 Å². The van der Waals surface area contributed by atoms with E-state index in [1.165, 1.54) is 17.2 Å². The highest BCUT2D eigenvalue weighted by atomic mass is 28.3. The highest BCUT2D eigenvalue weighted by Gasteiger charge is 2.15. The van der Waals surface area contributed by atoms with Gasteiger partial charge in [-0.15, -0.1) is 0 Å². The number of hydrogen-bond donors (Lipinski definition) is 1. The summed E-state index contributed by atoms with van der Waals surface area (Å²) in [6, 6.07) is 3.47. The summed E-state index contributed by atoms with van der Waals surface area (Å²) in [7, 11) is -0.974. The number of hydrogen-bond acceptors (Lipinski definition) is 1. The minimum Gasteiger partial charge on any atom is -0.507 e. The van der Waals surface area contributed by atoms with E-state index >= 15 is 0 Å². The largest absolute Gasteiger partial charge is 0.507 e. The predicted molar refractivity (Wildman–Crippen MR) is 74.2 cm³/mol. The zero-order valence-corrected chi connectivity index (χ0v) is 12.4. The summed E-state index contributed by atoms with van der Waals surface area (Å²) in [6.07, 6.45) is 1.16. The third-order valence-corrected chi connectivity index (χ3v) is 5.06. The lowest BCUT2D eigenvalue weighted by Gasteiger charge is -2.18. The van der Waals surface area contributed by atoms with E-state index in [-0.39, 0.29) is 0 Å². The standard InChI is InChI=1S/C14H24OSi/c1-10-9-13(7-8-16(4,5)6)11(2)12(3)14(10)15/h9,15H,7-8H2,1-6H3. The fraction of sp³-hybridized carbons (Fsp3) is 0.571. The maximum absolute atomic E-state index is 9.85. The molecule has 0 aliphatic rings. The summed E-state index contributed by atoms with van der Waals surface area (Å²) in [5.41, 5.74) is 4.73. The Labute approximate surface area is 101 Å². The smallest absolute Gasteiger partial charge is 0.121 e. The number of aryl methyl sites for hydroxylation is 2. The quantitative estimate of drug-likeness (QED) is 0.780. The molecule has 1 rings (SSSR count). The molecule has 0 radical (unpaired) electrons. The van der Waals surface area contributed by atoms with Gasteiger partial charge in [0, 0.05) is 8.07 Å². The van der Waals surface area contributed by atoms with Gasteiger partial charge in [0.15, 0.2) is 0 Å². The highest BCUT2D eigenvalue weighted by molar-refractivity contribution is 6.76. The number of phenolic OH excluding ortho intramolecular Hbond substituents is 1. The second-order valence-corrected chi connectivity index (χ2v) is 11.6. The molecular weight excluding hydrogens is 212 g/mol. The molecule has 1 N–H and O–H groups in total. The SMILES string of the molecule is Cc1cc(CC[Si](C)(C)C)c(C)c(C)c1O. The summed E-state index contributed by atoms with van der Waals surface area (Å²) in [4.78, 5) is 0. The Kier molecular flexibility index (Phi) is 3.84. The van der Waals surface area contributed by atoms with Crippen LogP contribution in [0.25, 0.3) is 0 Å². The topological polar surface area (TPSA) is 20.2 Å². The van der Waals surface area contributed by atoms with E-state index in [0.29, 0.717) is 5.75 Å². The van der Waals surface area contributed by atoms with E-state index in [1.807, 2.05) is 13.8 Å². The molecule has 0 aliphatic carbocycles. The van der Waals surface area contributed by atoms with E-state index in [9.17, 15) is 5.11 Å². The first-order chi connectivity index (χ1) is 7.22. The summed E-state index contributed by atoms with van der Waals surface area (Å²) >= 11 is 0. The number of phenols is 1. The van der Waals surface area contributed by atoms with Gasteiger partial charge in [-0.05, 0) is 49.4 Å². The lowest BCUT2D eigenvalue weighted by molar-refractivity contribution is 0.466. The Balaban J connectivity index is 2.98. The van der Waals surface area contributed by atoms with Crippen LogP contribution in [0.4, 0.5) is 0 Å². The maximum Gasteiger partial charge on any atom is 0.121 e. The molecule has 0 saturated carbocycles. The van der Waals surface area contributed by atoms with E-state index in [2.05, 4.69) is 32.6 Å². The lowest BCUT2D eigenvalue weighted by atomic mass is 9.97. The zero-order valence-electron chi connectivity index (χ0n) is 11.4. The molecule has 90 valence electrons. The molecule has 0 heterocycles. The van der Waals surface area contributed by atoms with Crippen molar-refractivity contribution in [1.82, 2.24) is 0 Å². The molecule has 16 heavy (non-hydrogen) atoms. The van der Waals surface area contributed by atoms with Crippen LogP contribution in [0.2, 0.25) is 25.7 Å². The van der Waals surface area contributed by atoms with Gasteiger partial charge < -0.3 is 5.11 Å². The van der Waals surface area contributed by atoms with Crippen molar-refractivity contribution in [3.8, 4) is 5.75 Å². The van der Waals surface area contributed by atoms with Crippen molar-refractivity contribution in [2.24, 2.45) is 0 Å². The molecule has 1 nitrogen and oxygen atoms in total. The first kappa shape index (κ1) is 13.3. The Morgan fingerprint density at radius 3 is 2.12 bits per heavy atom. The molecular formula is C14H24OSi. The van der Waals surface area contributed by atoms with Crippen LogP contribution < -0.4 is 0 Å². The van der Waals surface area contributed by atoms with Gasteiger partial charge >= 0.3 is 0 Å². The maximum atomic E-state index is 9.85. The van der Waals surface area contributed by atoms with Crippen LogP contribution in [-0.4, -0.2) is 13.2 Å². The van der Waals surface area contributed by atoms with Crippen molar-refractivity contribution in [2.75, 3.05) is 0 Å². The van der Waals surface area contributed by atoms with Gasteiger partial charge in [-0.25, -0.2) is 0 Å². The van der Waals surface area contributed by atoms with Crippen LogP contribution >= 0.6 is 0 Å². The van der Waals surface area contributed by atoms with Crippen LogP contribution in [0, 0.1) is 20.8 Å². The normalized spacial score (nSPS) is 11.9. The van der Waals surface area contributed by atoms with E-state index in [4.69, 9.17) is 0 Å². The van der Waals surface area contributed by atoms with E-state index in [0.717, 1.165) is 17.5 Å². The minimum absolute atomic E-state index is 0.467. The van der Waals surface area contributed by atoms with Gasteiger partial charge in [-0.2, -0.15) is 0 Å². The number of rotatable bonds is 3. The van der Waals surface area contributed by atoms with Gasteiger partial charge in [0.25, 0.3) is 0 Å². The summed E-state index contributed by atoms with van der Waals surface area (Å²) in [6.45, 7) is 13.3. The molecule has 0 bridgehead atoms. The fourth-order valence-electron chi connectivity index (χ4n) is 1.92. The van der Waals surface area contributed by atoms with E-state index in [1.54, 1.807) is 0 Å². The van der Waals surface area contributed by atoms with Crippen molar-refractivity contribution in [1.29, 1.82) is 0 Å². The molecule has 0 atom stereocenters.